The van der Waals surface area contributed by atoms with E-state index < -0.39 is 11.9 Å². The molecular formula is C22H24O6. The molecule has 5 aliphatic rings. The highest BCUT2D eigenvalue weighted by Gasteiger charge is 2.58. The van der Waals surface area contributed by atoms with Gasteiger partial charge in [0.15, 0.2) is 0 Å². The summed E-state index contributed by atoms with van der Waals surface area (Å²) in [6.07, 6.45) is 9.32. The summed E-state index contributed by atoms with van der Waals surface area (Å²) in [7, 11) is 0. The average molecular weight is 384 g/mol. The highest BCUT2D eigenvalue weighted by atomic mass is 16.6. The molecule has 0 spiro atoms. The van der Waals surface area contributed by atoms with Crippen LogP contribution in [0.1, 0.15) is 12.8 Å². The van der Waals surface area contributed by atoms with E-state index in [2.05, 4.69) is 35.8 Å². The topological polar surface area (TPSA) is 86.7 Å². The highest BCUT2D eigenvalue weighted by Crippen LogP contribution is 2.51. The zero-order chi connectivity index (χ0) is 20.6. The number of esters is 4. The molecule has 2 heterocycles. The second-order valence-corrected chi connectivity index (χ2v) is 7.57. The van der Waals surface area contributed by atoms with Gasteiger partial charge >= 0.3 is 23.9 Å². The fourth-order valence-electron chi connectivity index (χ4n) is 5.20. The van der Waals surface area contributed by atoms with Crippen LogP contribution >= 0.6 is 0 Å². The average Bonchev–Trinajstić information content (AvgIpc) is 3.47. The Balaban J connectivity index is 0.000000149. The predicted octanol–water partition coefficient (Wildman–Crippen LogP) is 2.62. The third kappa shape index (κ3) is 2.97. The molecule has 2 saturated heterocycles. The first-order chi connectivity index (χ1) is 13.5. The highest BCUT2D eigenvalue weighted by molar-refractivity contribution is 5.98. The Morgan fingerprint density at radius 1 is 0.679 bits per heavy atom. The second-order valence-electron chi connectivity index (χ2n) is 7.57. The SMILES string of the molecule is C=C.C=CC1CC(C=C)C2C(=O)OC(=O)C12.O=C1OC(=O)C2C3C=CC(C3)C12. The molecule has 8 atom stereocenters. The Hall–Kier alpha value is -2.76. The van der Waals surface area contributed by atoms with Crippen LogP contribution in [0.2, 0.25) is 0 Å². The summed E-state index contributed by atoms with van der Waals surface area (Å²) in [5, 5.41) is 0. The number of ether oxygens (including phenoxy) is 2. The Labute approximate surface area is 164 Å². The van der Waals surface area contributed by atoms with Crippen molar-refractivity contribution in [3.05, 3.63) is 50.6 Å². The van der Waals surface area contributed by atoms with Gasteiger partial charge in [-0.1, -0.05) is 24.3 Å². The van der Waals surface area contributed by atoms with Crippen molar-refractivity contribution in [2.45, 2.75) is 12.8 Å². The molecule has 0 radical (unpaired) electrons. The molecule has 6 nitrogen and oxygen atoms in total. The molecule has 5 rings (SSSR count). The van der Waals surface area contributed by atoms with Gasteiger partial charge < -0.3 is 9.47 Å². The number of hydrogen-bond acceptors (Lipinski definition) is 6. The Morgan fingerprint density at radius 2 is 1.04 bits per heavy atom. The maximum Gasteiger partial charge on any atom is 0.318 e. The van der Waals surface area contributed by atoms with Crippen molar-refractivity contribution >= 4 is 23.9 Å². The molecular weight excluding hydrogens is 360 g/mol. The van der Waals surface area contributed by atoms with Crippen LogP contribution in [0.5, 0.6) is 0 Å². The molecule has 2 aliphatic heterocycles. The minimum Gasteiger partial charge on any atom is -0.393 e. The first kappa shape index (κ1) is 20.0. The third-order valence-electron chi connectivity index (χ3n) is 6.41. The molecule has 0 aromatic carbocycles. The van der Waals surface area contributed by atoms with Crippen LogP contribution in [0.15, 0.2) is 50.6 Å². The van der Waals surface area contributed by atoms with Crippen LogP contribution in [0.3, 0.4) is 0 Å². The minimum atomic E-state index is -0.394. The van der Waals surface area contributed by atoms with Crippen LogP contribution < -0.4 is 0 Å². The standard InChI is InChI=1S/C11H12O3.C9H8O3.C2H4/c1-3-6-5-7(4-2)9-8(6)10(12)14-11(9)13;10-8-6-4-1-2-5(3-4)7(6)9(11)12-8;1-2/h3-4,6-9H,1-2,5H2;1-2,4-7H,3H2;1-2H2. The first-order valence-electron chi connectivity index (χ1n) is 9.40. The van der Waals surface area contributed by atoms with Crippen molar-refractivity contribution < 1.29 is 28.7 Å². The van der Waals surface area contributed by atoms with E-state index in [-0.39, 0.29) is 59.3 Å². The molecule has 0 aromatic rings. The lowest BCUT2D eigenvalue weighted by Gasteiger charge is -2.12. The summed E-state index contributed by atoms with van der Waals surface area (Å²) in [5.41, 5.74) is 0. The van der Waals surface area contributed by atoms with E-state index in [1.54, 1.807) is 12.2 Å². The molecule has 0 amide bonds. The Morgan fingerprint density at radius 3 is 1.39 bits per heavy atom. The normalized spacial score (nSPS) is 41.1. The number of carbonyl (C=O) groups excluding carboxylic acids is 4. The van der Waals surface area contributed by atoms with E-state index in [1.165, 1.54) is 0 Å². The molecule has 0 N–H and O–H groups in total. The van der Waals surface area contributed by atoms with Crippen LogP contribution in [0, 0.1) is 47.3 Å². The van der Waals surface area contributed by atoms with Gasteiger partial charge in [0, 0.05) is 0 Å². The number of rotatable bonds is 2. The molecule has 3 aliphatic carbocycles. The quantitative estimate of drug-likeness (QED) is 0.413. The minimum absolute atomic E-state index is 0.0574. The molecule has 8 unspecified atom stereocenters. The van der Waals surface area contributed by atoms with Crippen molar-refractivity contribution in [3.8, 4) is 0 Å². The lowest BCUT2D eigenvalue weighted by molar-refractivity contribution is -0.156. The monoisotopic (exact) mass is 384 g/mol. The summed E-state index contributed by atoms with van der Waals surface area (Å²) in [6.45, 7) is 13.4. The molecule has 2 bridgehead atoms. The van der Waals surface area contributed by atoms with Crippen molar-refractivity contribution in [3.63, 3.8) is 0 Å². The molecule has 2 saturated carbocycles. The fourth-order valence-corrected chi connectivity index (χ4v) is 5.20. The van der Waals surface area contributed by atoms with Crippen molar-refractivity contribution in [2.24, 2.45) is 47.3 Å². The van der Waals surface area contributed by atoms with Gasteiger partial charge in [-0.2, -0.15) is 0 Å². The van der Waals surface area contributed by atoms with E-state index in [4.69, 9.17) is 0 Å². The second kappa shape index (κ2) is 7.70. The number of carbonyl (C=O) groups is 4. The number of cyclic esters (lactones) is 4. The van der Waals surface area contributed by atoms with E-state index in [9.17, 15) is 19.2 Å². The predicted molar refractivity (Wildman–Crippen MR) is 100 cm³/mol. The maximum absolute atomic E-state index is 11.4. The summed E-state index contributed by atoms with van der Waals surface area (Å²) in [4.78, 5) is 45.1. The van der Waals surface area contributed by atoms with Gasteiger partial charge in [-0.3, -0.25) is 19.2 Å². The molecule has 6 heteroatoms. The van der Waals surface area contributed by atoms with Gasteiger partial charge in [0.05, 0.1) is 23.7 Å². The third-order valence-corrected chi connectivity index (χ3v) is 6.41. The summed E-state index contributed by atoms with van der Waals surface area (Å²) >= 11 is 0. The number of allylic oxidation sites excluding steroid dienone is 4. The van der Waals surface area contributed by atoms with Gasteiger partial charge in [-0.15, -0.1) is 26.3 Å². The zero-order valence-corrected chi connectivity index (χ0v) is 15.6. The Bertz CT molecular complexity index is 707. The van der Waals surface area contributed by atoms with E-state index in [0.29, 0.717) is 0 Å². The van der Waals surface area contributed by atoms with E-state index in [1.807, 2.05) is 12.2 Å². The lowest BCUT2D eigenvalue weighted by atomic mass is 9.85. The van der Waals surface area contributed by atoms with Crippen molar-refractivity contribution in [2.75, 3.05) is 0 Å². The Kier molecular flexibility index (Phi) is 5.49. The van der Waals surface area contributed by atoms with Gasteiger partial charge in [0.2, 0.25) is 0 Å². The van der Waals surface area contributed by atoms with Crippen LogP contribution in [0.4, 0.5) is 0 Å². The van der Waals surface area contributed by atoms with E-state index >= 15 is 0 Å². The van der Waals surface area contributed by atoms with Crippen molar-refractivity contribution in [1.29, 1.82) is 0 Å². The molecule has 28 heavy (non-hydrogen) atoms. The lowest BCUT2D eigenvalue weighted by Crippen LogP contribution is -2.21. The smallest absolute Gasteiger partial charge is 0.318 e. The van der Waals surface area contributed by atoms with Gasteiger partial charge in [0.1, 0.15) is 0 Å². The zero-order valence-electron chi connectivity index (χ0n) is 15.6. The summed E-state index contributed by atoms with van der Waals surface area (Å²) in [5.74, 6) is -1.65. The largest absolute Gasteiger partial charge is 0.393 e. The molecule has 4 fully saturated rings. The van der Waals surface area contributed by atoms with E-state index in [0.717, 1.165) is 12.8 Å². The number of hydrogen-bond donors (Lipinski definition) is 0. The fraction of sp³-hybridized carbons (Fsp3) is 0.455. The van der Waals surface area contributed by atoms with Gasteiger partial charge in [0.25, 0.3) is 0 Å². The van der Waals surface area contributed by atoms with Crippen LogP contribution in [-0.4, -0.2) is 23.9 Å². The van der Waals surface area contributed by atoms with Crippen molar-refractivity contribution in [1.82, 2.24) is 0 Å². The maximum atomic E-state index is 11.4. The summed E-state index contributed by atoms with van der Waals surface area (Å²) < 4.78 is 9.21. The summed E-state index contributed by atoms with van der Waals surface area (Å²) in [6, 6.07) is 0. The van der Waals surface area contributed by atoms with Gasteiger partial charge in [-0.05, 0) is 36.5 Å². The first-order valence-corrected chi connectivity index (χ1v) is 9.40. The van der Waals surface area contributed by atoms with Crippen LogP contribution in [0.25, 0.3) is 0 Å². The number of fused-ring (bicyclic) bond motifs is 6. The molecule has 0 aromatic heterocycles. The van der Waals surface area contributed by atoms with Crippen LogP contribution in [-0.2, 0) is 28.7 Å². The molecule has 148 valence electrons. The van der Waals surface area contributed by atoms with Gasteiger partial charge in [-0.25, -0.2) is 0 Å².